The molecular weight excluding hydrogens is 472 g/mol. The Morgan fingerprint density at radius 3 is 2.74 bits per heavy atom. The van der Waals surface area contributed by atoms with E-state index in [1.807, 2.05) is 72.2 Å². The van der Waals surface area contributed by atoms with Gasteiger partial charge in [0.05, 0.1) is 12.3 Å². The number of aromatic nitrogens is 3. The van der Waals surface area contributed by atoms with E-state index in [9.17, 15) is 4.79 Å². The SMILES string of the molecule is Cc1c(Cl)cccc1NC(=O)CSc1nnc(-c2ccccc2)n1Cc1ccc2c(c1)OCO2. The molecule has 0 unspecified atom stereocenters. The van der Waals surface area contributed by atoms with Crippen LogP contribution in [0.3, 0.4) is 0 Å². The number of hydrogen-bond donors (Lipinski definition) is 1. The van der Waals surface area contributed by atoms with Gasteiger partial charge in [0.15, 0.2) is 22.5 Å². The Balaban J connectivity index is 1.38. The number of fused-ring (bicyclic) bond motifs is 1. The number of rotatable bonds is 7. The minimum atomic E-state index is -0.144. The summed E-state index contributed by atoms with van der Waals surface area (Å²) in [5.74, 6) is 2.22. The van der Waals surface area contributed by atoms with Crippen LogP contribution in [-0.4, -0.2) is 33.2 Å². The van der Waals surface area contributed by atoms with Crippen LogP contribution in [0.4, 0.5) is 5.69 Å². The quantitative estimate of drug-likeness (QED) is 0.347. The van der Waals surface area contributed by atoms with E-state index in [-0.39, 0.29) is 18.5 Å². The third-order valence-corrected chi connectivity index (χ3v) is 6.78. The molecule has 0 spiro atoms. The molecule has 2 heterocycles. The minimum Gasteiger partial charge on any atom is -0.454 e. The van der Waals surface area contributed by atoms with Crippen molar-refractivity contribution < 1.29 is 14.3 Å². The lowest BCUT2D eigenvalue weighted by Gasteiger charge is -2.12. The van der Waals surface area contributed by atoms with Crippen molar-refractivity contribution in [3.05, 3.63) is 82.9 Å². The number of nitrogens with one attached hydrogen (secondary N) is 1. The minimum absolute atomic E-state index is 0.144. The number of nitrogens with zero attached hydrogens (tertiary/aromatic N) is 3. The molecule has 0 saturated carbocycles. The molecule has 0 aliphatic carbocycles. The molecule has 172 valence electrons. The second-order valence-electron chi connectivity index (χ2n) is 7.70. The number of amides is 1. The van der Waals surface area contributed by atoms with E-state index in [0.29, 0.717) is 22.4 Å². The largest absolute Gasteiger partial charge is 0.454 e. The van der Waals surface area contributed by atoms with Crippen LogP contribution in [0.25, 0.3) is 11.4 Å². The van der Waals surface area contributed by atoms with Crippen molar-refractivity contribution in [3.63, 3.8) is 0 Å². The second kappa shape index (κ2) is 9.79. The van der Waals surface area contributed by atoms with E-state index in [4.69, 9.17) is 21.1 Å². The molecule has 0 bridgehead atoms. The molecule has 0 saturated heterocycles. The van der Waals surface area contributed by atoms with Crippen molar-refractivity contribution in [3.8, 4) is 22.9 Å². The monoisotopic (exact) mass is 492 g/mol. The summed E-state index contributed by atoms with van der Waals surface area (Å²) in [5.41, 5.74) is 3.49. The van der Waals surface area contributed by atoms with Gasteiger partial charge in [-0.15, -0.1) is 10.2 Å². The van der Waals surface area contributed by atoms with Gasteiger partial charge in [0.2, 0.25) is 12.7 Å². The molecule has 5 rings (SSSR count). The highest BCUT2D eigenvalue weighted by Crippen LogP contribution is 2.34. The first-order valence-electron chi connectivity index (χ1n) is 10.6. The average Bonchev–Trinajstić information content (AvgIpc) is 3.48. The summed E-state index contributed by atoms with van der Waals surface area (Å²) in [6.45, 7) is 2.62. The summed E-state index contributed by atoms with van der Waals surface area (Å²) in [7, 11) is 0. The fourth-order valence-corrected chi connectivity index (χ4v) is 4.53. The van der Waals surface area contributed by atoms with Crippen LogP contribution in [0.5, 0.6) is 11.5 Å². The highest BCUT2D eigenvalue weighted by molar-refractivity contribution is 7.99. The third kappa shape index (κ3) is 4.73. The van der Waals surface area contributed by atoms with Crippen molar-refractivity contribution in [1.82, 2.24) is 14.8 Å². The third-order valence-electron chi connectivity index (χ3n) is 5.40. The number of benzene rings is 3. The molecule has 4 aromatic rings. The molecule has 34 heavy (non-hydrogen) atoms. The number of halogens is 1. The van der Waals surface area contributed by atoms with Gasteiger partial charge in [-0.05, 0) is 42.3 Å². The van der Waals surface area contributed by atoms with E-state index < -0.39 is 0 Å². The van der Waals surface area contributed by atoms with Gasteiger partial charge in [0.25, 0.3) is 0 Å². The van der Waals surface area contributed by atoms with E-state index in [0.717, 1.165) is 34.0 Å². The molecule has 7 nitrogen and oxygen atoms in total. The Kier molecular flexibility index (Phi) is 6.42. The Morgan fingerprint density at radius 2 is 1.88 bits per heavy atom. The van der Waals surface area contributed by atoms with Gasteiger partial charge in [-0.2, -0.15) is 0 Å². The Labute approximate surface area is 206 Å². The molecule has 3 aromatic carbocycles. The van der Waals surface area contributed by atoms with Crippen LogP contribution < -0.4 is 14.8 Å². The molecular formula is C25H21ClN4O3S. The smallest absolute Gasteiger partial charge is 0.234 e. The van der Waals surface area contributed by atoms with E-state index >= 15 is 0 Å². The zero-order valence-electron chi connectivity index (χ0n) is 18.3. The summed E-state index contributed by atoms with van der Waals surface area (Å²) in [5, 5.41) is 13.0. The number of ether oxygens (including phenoxy) is 2. The van der Waals surface area contributed by atoms with Gasteiger partial charge in [-0.1, -0.05) is 65.8 Å². The summed E-state index contributed by atoms with van der Waals surface area (Å²) >= 11 is 7.50. The highest BCUT2D eigenvalue weighted by atomic mass is 35.5. The molecule has 0 radical (unpaired) electrons. The Hall–Kier alpha value is -3.49. The maximum Gasteiger partial charge on any atom is 0.234 e. The Bertz CT molecular complexity index is 1340. The highest BCUT2D eigenvalue weighted by Gasteiger charge is 2.19. The van der Waals surface area contributed by atoms with Crippen LogP contribution in [0.15, 0.2) is 71.9 Å². The summed E-state index contributed by atoms with van der Waals surface area (Å²) in [6.07, 6.45) is 0. The second-order valence-corrected chi connectivity index (χ2v) is 9.04. The van der Waals surface area contributed by atoms with Crippen LogP contribution in [0.2, 0.25) is 5.02 Å². The molecule has 1 amide bonds. The molecule has 1 aromatic heterocycles. The fraction of sp³-hybridized carbons (Fsp3) is 0.160. The molecule has 0 atom stereocenters. The lowest BCUT2D eigenvalue weighted by Crippen LogP contribution is -2.15. The van der Waals surface area contributed by atoms with Crippen molar-refractivity contribution in [1.29, 1.82) is 0 Å². The normalized spacial score (nSPS) is 12.1. The first-order chi connectivity index (χ1) is 16.6. The maximum atomic E-state index is 12.7. The predicted octanol–water partition coefficient (Wildman–Crippen LogP) is 5.41. The fourth-order valence-electron chi connectivity index (χ4n) is 3.62. The molecule has 1 aliphatic rings. The van der Waals surface area contributed by atoms with Gasteiger partial charge in [0, 0.05) is 16.3 Å². The van der Waals surface area contributed by atoms with E-state index in [1.54, 1.807) is 6.07 Å². The molecule has 1 aliphatic heterocycles. The summed E-state index contributed by atoms with van der Waals surface area (Å²) < 4.78 is 13.0. The van der Waals surface area contributed by atoms with Gasteiger partial charge >= 0.3 is 0 Å². The van der Waals surface area contributed by atoms with E-state index in [2.05, 4.69) is 15.5 Å². The lowest BCUT2D eigenvalue weighted by atomic mass is 10.2. The van der Waals surface area contributed by atoms with Gasteiger partial charge in [-0.3, -0.25) is 9.36 Å². The zero-order valence-corrected chi connectivity index (χ0v) is 19.9. The number of hydrogen-bond acceptors (Lipinski definition) is 6. The topological polar surface area (TPSA) is 78.3 Å². The summed E-state index contributed by atoms with van der Waals surface area (Å²) in [6, 6.07) is 21.2. The molecule has 1 N–H and O–H groups in total. The zero-order chi connectivity index (χ0) is 23.5. The number of carbonyl (C=O) groups excluding carboxylic acids is 1. The van der Waals surface area contributed by atoms with Crippen LogP contribution in [0, 0.1) is 6.92 Å². The van der Waals surface area contributed by atoms with Crippen molar-refractivity contribution in [2.75, 3.05) is 17.9 Å². The lowest BCUT2D eigenvalue weighted by molar-refractivity contribution is -0.113. The first-order valence-corrected chi connectivity index (χ1v) is 12.0. The number of anilines is 1. The van der Waals surface area contributed by atoms with Crippen LogP contribution in [-0.2, 0) is 11.3 Å². The molecule has 9 heteroatoms. The van der Waals surface area contributed by atoms with E-state index in [1.165, 1.54) is 11.8 Å². The van der Waals surface area contributed by atoms with Crippen molar-refractivity contribution >= 4 is 35.0 Å². The van der Waals surface area contributed by atoms with Crippen molar-refractivity contribution in [2.24, 2.45) is 0 Å². The van der Waals surface area contributed by atoms with Crippen LogP contribution in [0.1, 0.15) is 11.1 Å². The number of carbonyl (C=O) groups is 1. The first kappa shape index (κ1) is 22.3. The average molecular weight is 493 g/mol. The van der Waals surface area contributed by atoms with Crippen LogP contribution >= 0.6 is 23.4 Å². The van der Waals surface area contributed by atoms with Crippen molar-refractivity contribution in [2.45, 2.75) is 18.6 Å². The standard InChI is InChI=1S/C25H21ClN4O3S/c1-16-19(26)8-5-9-20(16)27-23(31)14-34-25-29-28-24(18-6-3-2-4-7-18)30(25)13-17-10-11-21-22(12-17)33-15-32-21/h2-12H,13-15H2,1H3,(H,27,31). The predicted molar refractivity (Wildman–Crippen MR) is 133 cm³/mol. The summed E-state index contributed by atoms with van der Waals surface area (Å²) in [4.78, 5) is 12.7. The molecule has 0 fully saturated rings. The van der Waals surface area contributed by atoms with Gasteiger partial charge in [0.1, 0.15) is 0 Å². The Morgan fingerprint density at radius 1 is 1.06 bits per heavy atom. The number of thioether (sulfide) groups is 1. The van der Waals surface area contributed by atoms with Gasteiger partial charge < -0.3 is 14.8 Å². The maximum absolute atomic E-state index is 12.7. The van der Waals surface area contributed by atoms with Gasteiger partial charge in [-0.25, -0.2) is 0 Å².